The molecule has 0 atom stereocenters. The maximum Gasteiger partial charge on any atom is 0.342 e. The van der Waals surface area contributed by atoms with Crippen molar-refractivity contribution in [2.24, 2.45) is 0 Å². The molecule has 0 fully saturated rings. The van der Waals surface area contributed by atoms with E-state index in [-0.39, 0.29) is 30.2 Å². The van der Waals surface area contributed by atoms with Crippen molar-refractivity contribution in [2.45, 2.75) is 19.8 Å². The van der Waals surface area contributed by atoms with Gasteiger partial charge in [0.05, 0.1) is 20.8 Å². The number of ether oxygens (including phenoxy) is 4. The van der Waals surface area contributed by atoms with Gasteiger partial charge in [-0.15, -0.1) is 0 Å². The van der Waals surface area contributed by atoms with E-state index in [0.717, 1.165) is 0 Å². The monoisotopic (exact) mass is 353 g/mol. The van der Waals surface area contributed by atoms with E-state index in [1.165, 1.54) is 20.3 Å². The van der Waals surface area contributed by atoms with Gasteiger partial charge in [0, 0.05) is 13.0 Å². The summed E-state index contributed by atoms with van der Waals surface area (Å²) in [7, 11) is 2.86. The Bertz CT molecular complexity index is 601. The van der Waals surface area contributed by atoms with Gasteiger partial charge in [-0.05, 0) is 25.5 Å². The fourth-order valence-electron chi connectivity index (χ4n) is 2.00. The van der Waals surface area contributed by atoms with Crippen LogP contribution in [-0.4, -0.2) is 51.8 Å². The summed E-state index contributed by atoms with van der Waals surface area (Å²) in [4.78, 5) is 34.9. The number of para-hydroxylation sites is 1. The Balaban J connectivity index is 2.41. The number of esters is 2. The third-order valence-corrected chi connectivity index (χ3v) is 3.14. The van der Waals surface area contributed by atoms with Gasteiger partial charge in [-0.3, -0.25) is 9.59 Å². The maximum absolute atomic E-state index is 12.1. The van der Waals surface area contributed by atoms with Crippen molar-refractivity contribution in [1.82, 2.24) is 5.32 Å². The van der Waals surface area contributed by atoms with Crippen LogP contribution in [0.25, 0.3) is 0 Å². The molecule has 25 heavy (non-hydrogen) atoms. The Morgan fingerprint density at radius 1 is 1.08 bits per heavy atom. The maximum atomic E-state index is 12.1. The summed E-state index contributed by atoms with van der Waals surface area (Å²) >= 11 is 0. The Morgan fingerprint density at radius 2 is 1.84 bits per heavy atom. The molecular weight excluding hydrogens is 330 g/mol. The second kappa shape index (κ2) is 10.9. The molecule has 0 unspecified atom stereocenters. The van der Waals surface area contributed by atoms with E-state index in [0.29, 0.717) is 18.8 Å². The Morgan fingerprint density at radius 3 is 2.48 bits per heavy atom. The number of hydrogen-bond acceptors (Lipinski definition) is 7. The molecule has 1 aromatic rings. The highest BCUT2D eigenvalue weighted by molar-refractivity contribution is 5.94. The van der Waals surface area contributed by atoms with Crippen LogP contribution in [0.3, 0.4) is 0 Å². The molecule has 0 bridgehead atoms. The van der Waals surface area contributed by atoms with Crippen LogP contribution in [0.1, 0.15) is 30.1 Å². The van der Waals surface area contributed by atoms with E-state index >= 15 is 0 Å². The zero-order valence-corrected chi connectivity index (χ0v) is 14.6. The molecule has 0 saturated heterocycles. The van der Waals surface area contributed by atoms with E-state index in [1.54, 1.807) is 19.1 Å². The summed E-state index contributed by atoms with van der Waals surface area (Å²) in [6.45, 7) is 1.91. The summed E-state index contributed by atoms with van der Waals surface area (Å²) < 4.78 is 20.0. The van der Waals surface area contributed by atoms with Crippen LogP contribution in [0.4, 0.5) is 0 Å². The van der Waals surface area contributed by atoms with Crippen LogP contribution in [0.15, 0.2) is 18.2 Å². The van der Waals surface area contributed by atoms with E-state index < -0.39 is 18.5 Å². The molecule has 0 aliphatic rings. The molecule has 0 heterocycles. The largest absolute Gasteiger partial charge is 0.493 e. The smallest absolute Gasteiger partial charge is 0.342 e. The zero-order chi connectivity index (χ0) is 18.7. The summed E-state index contributed by atoms with van der Waals surface area (Å²) in [5.74, 6) is -0.838. The highest BCUT2D eigenvalue weighted by Crippen LogP contribution is 2.30. The van der Waals surface area contributed by atoms with Gasteiger partial charge in [0.15, 0.2) is 18.1 Å². The highest BCUT2D eigenvalue weighted by Gasteiger charge is 2.18. The molecule has 1 aromatic carbocycles. The molecule has 138 valence electrons. The molecule has 8 nitrogen and oxygen atoms in total. The molecule has 0 aliphatic heterocycles. The second-order valence-electron chi connectivity index (χ2n) is 4.88. The van der Waals surface area contributed by atoms with Gasteiger partial charge in [-0.2, -0.15) is 0 Å². The fraction of sp³-hybridized carbons (Fsp3) is 0.471. The highest BCUT2D eigenvalue weighted by atomic mass is 16.5. The topological polar surface area (TPSA) is 100 Å². The predicted octanol–water partition coefficient (Wildman–Crippen LogP) is 1.32. The molecule has 0 aliphatic carbocycles. The van der Waals surface area contributed by atoms with Crippen molar-refractivity contribution < 1.29 is 33.3 Å². The average Bonchev–Trinajstić information content (AvgIpc) is 2.62. The zero-order valence-electron chi connectivity index (χ0n) is 14.6. The van der Waals surface area contributed by atoms with Crippen molar-refractivity contribution >= 4 is 17.8 Å². The van der Waals surface area contributed by atoms with Crippen LogP contribution >= 0.6 is 0 Å². The first-order valence-corrected chi connectivity index (χ1v) is 7.83. The van der Waals surface area contributed by atoms with Gasteiger partial charge >= 0.3 is 11.9 Å². The Kier molecular flexibility index (Phi) is 8.84. The summed E-state index contributed by atoms with van der Waals surface area (Å²) in [6, 6.07) is 4.78. The van der Waals surface area contributed by atoms with Gasteiger partial charge < -0.3 is 24.3 Å². The predicted molar refractivity (Wildman–Crippen MR) is 88.7 cm³/mol. The van der Waals surface area contributed by atoms with Crippen molar-refractivity contribution in [2.75, 3.05) is 34.0 Å². The number of carbonyl (C=O) groups is 3. The number of hydrogen-bond donors (Lipinski definition) is 1. The molecule has 0 spiro atoms. The minimum atomic E-state index is -0.697. The van der Waals surface area contributed by atoms with Crippen LogP contribution in [0.2, 0.25) is 0 Å². The van der Waals surface area contributed by atoms with Crippen LogP contribution < -0.4 is 14.8 Å². The number of benzene rings is 1. The molecule has 0 radical (unpaired) electrons. The third kappa shape index (κ3) is 6.70. The lowest BCUT2D eigenvalue weighted by Gasteiger charge is -2.12. The number of carbonyl (C=O) groups excluding carboxylic acids is 3. The van der Waals surface area contributed by atoms with Gasteiger partial charge in [0.2, 0.25) is 0 Å². The van der Waals surface area contributed by atoms with Gasteiger partial charge in [0.1, 0.15) is 5.56 Å². The van der Waals surface area contributed by atoms with E-state index in [9.17, 15) is 14.4 Å². The van der Waals surface area contributed by atoms with Crippen molar-refractivity contribution in [3.63, 3.8) is 0 Å². The molecular formula is C17H23NO7. The molecule has 1 amide bonds. The fourth-order valence-corrected chi connectivity index (χ4v) is 2.00. The van der Waals surface area contributed by atoms with Crippen molar-refractivity contribution in [3.05, 3.63) is 23.8 Å². The van der Waals surface area contributed by atoms with E-state index in [2.05, 4.69) is 5.32 Å². The van der Waals surface area contributed by atoms with Gasteiger partial charge in [0.25, 0.3) is 5.91 Å². The quantitative estimate of drug-likeness (QED) is 0.500. The van der Waals surface area contributed by atoms with Crippen molar-refractivity contribution in [3.8, 4) is 11.5 Å². The van der Waals surface area contributed by atoms with Crippen LogP contribution in [-0.2, 0) is 19.1 Å². The summed E-state index contributed by atoms with van der Waals surface area (Å²) in [5, 5.41) is 2.56. The minimum absolute atomic E-state index is 0.164. The number of nitrogens with one attached hydrogen (secondary N) is 1. The molecule has 8 heteroatoms. The SMILES string of the molecule is CCOC(=O)CCCNC(=O)COC(=O)c1cccc(OC)c1OC. The van der Waals surface area contributed by atoms with Crippen molar-refractivity contribution in [1.29, 1.82) is 0 Å². The second-order valence-corrected chi connectivity index (χ2v) is 4.88. The lowest BCUT2D eigenvalue weighted by molar-refractivity contribution is -0.143. The minimum Gasteiger partial charge on any atom is -0.493 e. The molecule has 1 rings (SSSR count). The molecule has 0 aromatic heterocycles. The van der Waals surface area contributed by atoms with E-state index in [4.69, 9.17) is 18.9 Å². The standard InChI is InChI=1S/C17H23NO7/c1-4-24-15(20)9-6-10-18-14(19)11-25-17(21)12-7-5-8-13(22-2)16(12)23-3/h5,7-8H,4,6,9-11H2,1-3H3,(H,18,19). The Labute approximate surface area is 146 Å². The van der Waals surface area contributed by atoms with Crippen LogP contribution in [0.5, 0.6) is 11.5 Å². The third-order valence-electron chi connectivity index (χ3n) is 3.14. The first-order chi connectivity index (χ1) is 12.0. The normalized spacial score (nSPS) is 9.88. The number of rotatable bonds is 10. The summed E-state index contributed by atoms with van der Waals surface area (Å²) in [6.07, 6.45) is 0.664. The lowest BCUT2D eigenvalue weighted by atomic mass is 10.2. The molecule has 0 saturated carbocycles. The number of amides is 1. The first kappa shape index (κ1) is 20.3. The average molecular weight is 353 g/mol. The summed E-state index contributed by atoms with van der Waals surface area (Å²) in [5.41, 5.74) is 0.164. The molecule has 1 N–H and O–H groups in total. The van der Waals surface area contributed by atoms with E-state index in [1.807, 2.05) is 0 Å². The van der Waals surface area contributed by atoms with Gasteiger partial charge in [-0.1, -0.05) is 6.07 Å². The van der Waals surface area contributed by atoms with Gasteiger partial charge in [-0.25, -0.2) is 4.79 Å². The first-order valence-electron chi connectivity index (χ1n) is 7.83. The Hall–Kier alpha value is -2.77. The lowest BCUT2D eigenvalue weighted by Crippen LogP contribution is -2.30. The number of methoxy groups -OCH3 is 2. The van der Waals surface area contributed by atoms with Crippen LogP contribution in [0, 0.1) is 0 Å².